The van der Waals surface area contributed by atoms with Crippen molar-refractivity contribution >= 4 is 11.6 Å². The molecular formula is C10H11ClF2O3. The van der Waals surface area contributed by atoms with Crippen LogP contribution in [0.25, 0.3) is 0 Å². The van der Waals surface area contributed by atoms with Crippen molar-refractivity contribution in [2.75, 3.05) is 13.0 Å². The molecule has 3 nitrogen and oxygen atoms in total. The Bertz CT molecular complexity index is 373. The first-order chi connectivity index (χ1) is 7.51. The summed E-state index contributed by atoms with van der Waals surface area (Å²) >= 11 is 5.34. The van der Waals surface area contributed by atoms with Crippen LogP contribution in [0.5, 0.6) is 5.75 Å². The van der Waals surface area contributed by atoms with Gasteiger partial charge in [-0.05, 0) is 6.07 Å². The molecule has 2 atom stereocenters. The molecule has 2 unspecified atom stereocenters. The maximum atomic E-state index is 13.0. The minimum atomic E-state index is -1.43. The van der Waals surface area contributed by atoms with Crippen molar-refractivity contribution in [2.45, 2.75) is 12.2 Å². The molecule has 0 heterocycles. The monoisotopic (exact) mass is 252 g/mol. The third-order valence-electron chi connectivity index (χ3n) is 2.11. The van der Waals surface area contributed by atoms with Gasteiger partial charge >= 0.3 is 0 Å². The third-order valence-corrected chi connectivity index (χ3v) is 2.43. The summed E-state index contributed by atoms with van der Waals surface area (Å²) in [6, 6.07) is 1.57. The highest BCUT2D eigenvalue weighted by Gasteiger charge is 2.23. The zero-order valence-corrected chi connectivity index (χ0v) is 9.21. The molecule has 0 aliphatic heterocycles. The van der Waals surface area contributed by atoms with E-state index in [0.29, 0.717) is 0 Å². The first-order valence-electron chi connectivity index (χ1n) is 4.46. The highest BCUT2D eigenvalue weighted by molar-refractivity contribution is 6.18. The van der Waals surface area contributed by atoms with Crippen LogP contribution in [-0.4, -0.2) is 29.3 Å². The van der Waals surface area contributed by atoms with Crippen LogP contribution in [0.15, 0.2) is 12.1 Å². The standard InChI is InChI=1S/C10H11ClF2O3/c1-16-9-3-7(13)6(12)2-5(9)10(15)8(14)4-11/h2-3,8,10,14-15H,4H2,1H3. The van der Waals surface area contributed by atoms with Gasteiger partial charge in [-0.3, -0.25) is 0 Å². The molecule has 1 rings (SSSR count). The SMILES string of the molecule is COc1cc(F)c(F)cc1C(O)C(O)CCl. The molecule has 0 aliphatic carbocycles. The summed E-state index contributed by atoms with van der Waals surface area (Å²) in [5.74, 6) is -2.50. The van der Waals surface area contributed by atoms with Crippen molar-refractivity contribution in [3.63, 3.8) is 0 Å². The molecule has 0 amide bonds. The van der Waals surface area contributed by atoms with Crippen LogP contribution in [0.2, 0.25) is 0 Å². The molecule has 16 heavy (non-hydrogen) atoms. The summed E-state index contributed by atoms with van der Waals surface area (Å²) in [4.78, 5) is 0. The number of benzene rings is 1. The van der Waals surface area contributed by atoms with E-state index in [1.807, 2.05) is 0 Å². The Morgan fingerprint density at radius 3 is 2.38 bits per heavy atom. The maximum absolute atomic E-state index is 13.0. The van der Waals surface area contributed by atoms with E-state index in [1.165, 1.54) is 7.11 Å². The summed E-state index contributed by atoms with van der Waals surface area (Å²) in [6.45, 7) is 0. The van der Waals surface area contributed by atoms with Gasteiger partial charge in [-0.2, -0.15) is 0 Å². The Morgan fingerprint density at radius 1 is 1.31 bits per heavy atom. The van der Waals surface area contributed by atoms with E-state index in [1.54, 1.807) is 0 Å². The van der Waals surface area contributed by atoms with Crippen molar-refractivity contribution in [1.29, 1.82) is 0 Å². The molecule has 90 valence electrons. The third kappa shape index (κ3) is 2.61. The summed E-state index contributed by atoms with van der Waals surface area (Å²) in [6.07, 6.45) is -2.71. The first kappa shape index (κ1) is 13.2. The van der Waals surface area contributed by atoms with Gasteiger partial charge in [0.15, 0.2) is 11.6 Å². The van der Waals surface area contributed by atoms with Gasteiger partial charge in [0.2, 0.25) is 0 Å². The average molecular weight is 253 g/mol. The van der Waals surface area contributed by atoms with E-state index in [2.05, 4.69) is 0 Å². The summed E-state index contributed by atoms with van der Waals surface area (Å²) in [5.41, 5.74) is -0.0467. The molecule has 0 spiro atoms. The zero-order valence-electron chi connectivity index (χ0n) is 8.45. The van der Waals surface area contributed by atoms with E-state index >= 15 is 0 Å². The van der Waals surface area contributed by atoms with Crippen molar-refractivity contribution in [3.05, 3.63) is 29.3 Å². The van der Waals surface area contributed by atoms with Gasteiger partial charge in [0.1, 0.15) is 11.9 Å². The van der Waals surface area contributed by atoms with E-state index < -0.39 is 23.8 Å². The van der Waals surface area contributed by atoms with Crippen molar-refractivity contribution in [1.82, 2.24) is 0 Å². The quantitative estimate of drug-likeness (QED) is 0.801. The molecule has 0 saturated heterocycles. The van der Waals surface area contributed by atoms with Crippen LogP contribution in [-0.2, 0) is 0 Å². The summed E-state index contributed by atoms with van der Waals surface area (Å²) in [7, 11) is 1.25. The van der Waals surface area contributed by atoms with E-state index in [4.69, 9.17) is 16.3 Å². The molecule has 0 aliphatic rings. The second kappa shape index (κ2) is 5.43. The number of rotatable bonds is 4. The Morgan fingerprint density at radius 2 is 1.88 bits per heavy atom. The largest absolute Gasteiger partial charge is 0.496 e. The Hall–Kier alpha value is -0.910. The van der Waals surface area contributed by atoms with Gasteiger partial charge in [-0.25, -0.2) is 8.78 Å². The summed E-state index contributed by atoms with van der Waals surface area (Å²) < 4.78 is 30.6. The Labute approximate surface area is 96.2 Å². The fourth-order valence-electron chi connectivity index (χ4n) is 1.24. The second-order valence-corrected chi connectivity index (χ2v) is 3.48. The number of hydrogen-bond acceptors (Lipinski definition) is 3. The highest BCUT2D eigenvalue weighted by atomic mass is 35.5. The lowest BCUT2D eigenvalue weighted by Crippen LogP contribution is -2.20. The topological polar surface area (TPSA) is 49.7 Å². The van der Waals surface area contributed by atoms with E-state index in [0.717, 1.165) is 12.1 Å². The molecule has 0 radical (unpaired) electrons. The average Bonchev–Trinajstić information content (AvgIpc) is 2.30. The van der Waals surface area contributed by atoms with Crippen LogP contribution in [0, 0.1) is 11.6 Å². The van der Waals surface area contributed by atoms with Gasteiger partial charge in [0.05, 0.1) is 19.1 Å². The van der Waals surface area contributed by atoms with Crippen molar-refractivity contribution < 1.29 is 23.7 Å². The van der Waals surface area contributed by atoms with Crippen LogP contribution in [0.3, 0.4) is 0 Å². The lowest BCUT2D eigenvalue weighted by Gasteiger charge is -2.18. The molecule has 2 N–H and O–H groups in total. The second-order valence-electron chi connectivity index (χ2n) is 3.17. The molecule has 0 saturated carbocycles. The van der Waals surface area contributed by atoms with Crippen LogP contribution >= 0.6 is 11.6 Å². The fraction of sp³-hybridized carbons (Fsp3) is 0.400. The fourth-order valence-corrected chi connectivity index (χ4v) is 1.41. The van der Waals surface area contributed by atoms with Gasteiger partial charge in [0, 0.05) is 11.6 Å². The van der Waals surface area contributed by atoms with Crippen molar-refractivity contribution in [3.8, 4) is 5.75 Å². The Kier molecular flexibility index (Phi) is 4.46. The van der Waals surface area contributed by atoms with E-state index in [-0.39, 0.29) is 17.2 Å². The van der Waals surface area contributed by atoms with Crippen LogP contribution in [0.1, 0.15) is 11.7 Å². The number of aliphatic hydroxyl groups is 2. The molecular weight excluding hydrogens is 242 g/mol. The van der Waals surface area contributed by atoms with Crippen LogP contribution in [0.4, 0.5) is 8.78 Å². The first-order valence-corrected chi connectivity index (χ1v) is 4.99. The predicted molar refractivity (Wildman–Crippen MR) is 54.6 cm³/mol. The molecule has 1 aromatic carbocycles. The lowest BCUT2D eigenvalue weighted by atomic mass is 10.0. The number of aliphatic hydroxyl groups excluding tert-OH is 2. The number of alkyl halides is 1. The molecule has 0 aromatic heterocycles. The van der Waals surface area contributed by atoms with Crippen molar-refractivity contribution in [2.24, 2.45) is 0 Å². The van der Waals surface area contributed by atoms with Gasteiger partial charge in [0.25, 0.3) is 0 Å². The number of methoxy groups -OCH3 is 1. The molecule has 0 fully saturated rings. The Balaban J connectivity index is 3.16. The van der Waals surface area contributed by atoms with Gasteiger partial charge in [-0.1, -0.05) is 0 Å². The van der Waals surface area contributed by atoms with E-state index in [9.17, 15) is 19.0 Å². The smallest absolute Gasteiger partial charge is 0.162 e. The minimum absolute atomic E-state index is 0.0458. The molecule has 1 aromatic rings. The zero-order chi connectivity index (χ0) is 12.3. The minimum Gasteiger partial charge on any atom is -0.496 e. The molecule has 6 heteroatoms. The molecule has 0 bridgehead atoms. The lowest BCUT2D eigenvalue weighted by molar-refractivity contribution is 0.0309. The number of halogens is 3. The van der Waals surface area contributed by atoms with Gasteiger partial charge in [-0.15, -0.1) is 11.6 Å². The number of hydrogen-bond donors (Lipinski definition) is 2. The maximum Gasteiger partial charge on any atom is 0.162 e. The normalized spacial score (nSPS) is 14.6. The predicted octanol–water partition coefficient (Wildman–Crippen LogP) is 1.61. The van der Waals surface area contributed by atoms with Gasteiger partial charge < -0.3 is 14.9 Å². The highest BCUT2D eigenvalue weighted by Crippen LogP contribution is 2.29. The number of ether oxygens (including phenoxy) is 1. The summed E-state index contributed by atoms with van der Waals surface area (Å²) in [5, 5.41) is 18.9. The van der Waals surface area contributed by atoms with Crippen LogP contribution < -0.4 is 4.74 Å².